The lowest BCUT2D eigenvalue weighted by Crippen LogP contribution is -2.52. The molecule has 1 saturated heterocycles. The van der Waals surface area contributed by atoms with Crippen molar-refractivity contribution >= 4 is 25.7 Å². The van der Waals surface area contributed by atoms with Crippen molar-refractivity contribution in [2.45, 2.75) is 63.3 Å². The van der Waals surface area contributed by atoms with E-state index in [1.807, 2.05) is 0 Å². The number of nitrogens with two attached hydrogens (primary N) is 1. The van der Waals surface area contributed by atoms with E-state index in [0.717, 1.165) is 0 Å². The molecule has 0 bridgehead atoms. The Labute approximate surface area is 160 Å². The summed E-state index contributed by atoms with van der Waals surface area (Å²) in [4.78, 5) is 15.9. The van der Waals surface area contributed by atoms with Crippen LogP contribution in [0.2, 0.25) is 18.1 Å². The molecule has 0 radical (unpaired) electrons. The number of ether oxygens (including phenoxy) is 2. The highest BCUT2D eigenvalue weighted by Crippen LogP contribution is 2.42. The van der Waals surface area contributed by atoms with E-state index >= 15 is 0 Å². The number of halogens is 1. The molecule has 3 atom stereocenters. The van der Waals surface area contributed by atoms with Crippen LogP contribution in [0.5, 0.6) is 0 Å². The first-order valence-corrected chi connectivity index (χ1v) is 12.2. The van der Waals surface area contributed by atoms with Gasteiger partial charge in [0.05, 0.1) is 18.6 Å². The van der Waals surface area contributed by atoms with Gasteiger partial charge in [-0.15, -0.1) is 11.6 Å². The molecule has 0 aliphatic carbocycles. The molecule has 7 nitrogen and oxygen atoms in total. The summed E-state index contributed by atoms with van der Waals surface area (Å²) in [5, 5.41) is 0.0683. The number of hydrogen-bond acceptors (Lipinski definition) is 6. The Hall–Kier alpha value is -0.933. The Morgan fingerprint density at radius 1 is 1.50 bits per heavy atom. The summed E-state index contributed by atoms with van der Waals surface area (Å²) in [7, 11) is -0.370. The molecule has 2 N–H and O–H groups in total. The van der Waals surface area contributed by atoms with Gasteiger partial charge >= 0.3 is 5.69 Å². The Morgan fingerprint density at radius 3 is 2.65 bits per heavy atom. The monoisotopic (exact) mass is 403 g/mol. The van der Waals surface area contributed by atoms with Gasteiger partial charge in [-0.1, -0.05) is 20.8 Å². The van der Waals surface area contributed by atoms with Crippen molar-refractivity contribution in [3.05, 3.63) is 22.7 Å². The van der Waals surface area contributed by atoms with Crippen molar-refractivity contribution in [3.63, 3.8) is 0 Å². The van der Waals surface area contributed by atoms with Crippen molar-refractivity contribution in [2.24, 2.45) is 0 Å². The molecule has 0 amide bonds. The minimum atomic E-state index is -1.99. The zero-order chi connectivity index (χ0) is 19.8. The summed E-state index contributed by atoms with van der Waals surface area (Å²) in [5.41, 5.74) is 4.29. The van der Waals surface area contributed by atoms with Crippen molar-refractivity contribution in [3.8, 4) is 0 Å². The molecular formula is C17H30ClN3O4Si. The van der Waals surface area contributed by atoms with Gasteiger partial charge in [0.1, 0.15) is 17.6 Å². The number of nitrogens with zero attached hydrogens (tertiary/aromatic N) is 2. The van der Waals surface area contributed by atoms with Crippen LogP contribution in [0, 0.1) is 0 Å². The highest BCUT2D eigenvalue weighted by molar-refractivity contribution is 6.74. The number of hydrogen-bond donors (Lipinski definition) is 1. The molecule has 26 heavy (non-hydrogen) atoms. The van der Waals surface area contributed by atoms with Crippen molar-refractivity contribution < 1.29 is 13.9 Å². The van der Waals surface area contributed by atoms with Crippen LogP contribution in [0.4, 0.5) is 5.82 Å². The standard InChI is InChI=1S/C17H30ClN3O4Si/c1-16(2,3)26(5,6)24-11-17(10-18)12(23-4)9-14(25-17)21-8-7-13(19)20-15(21)22/h7-8,12,14H,9-11H2,1-6H3,(H2,19,20,22)/t12-,14+,17+/m0/s1. The molecule has 1 fully saturated rings. The number of nitrogen functional groups attached to an aromatic ring is 1. The lowest BCUT2D eigenvalue weighted by molar-refractivity contribution is -0.118. The zero-order valence-electron chi connectivity index (χ0n) is 16.4. The normalized spacial score (nSPS) is 27.0. The fourth-order valence-electron chi connectivity index (χ4n) is 2.72. The average molecular weight is 404 g/mol. The quantitative estimate of drug-likeness (QED) is 0.580. The smallest absolute Gasteiger partial charge is 0.351 e. The molecule has 0 spiro atoms. The van der Waals surface area contributed by atoms with Gasteiger partial charge in [-0.3, -0.25) is 4.57 Å². The molecule has 1 aromatic rings. The van der Waals surface area contributed by atoms with Gasteiger partial charge in [0.2, 0.25) is 0 Å². The van der Waals surface area contributed by atoms with E-state index in [1.165, 1.54) is 4.57 Å². The number of aromatic nitrogens is 2. The molecule has 0 aromatic carbocycles. The lowest BCUT2D eigenvalue weighted by atomic mass is 10.00. The van der Waals surface area contributed by atoms with Gasteiger partial charge in [0.25, 0.3) is 0 Å². The summed E-state index contributed by atoms with van der Waals surface area (Å²) in [6.45, 7) is 11.2. The van der Waals surface area contributed by atoms with Gasteiger partial charge in [-0.05, 0) is 24.2 Å². The first kappa shape index (κ1) is 21.4. The Kier molecular flexibility index (Phi) is 6.24. The van der Waals surface area contributed by atoms with Crippen LogP contribution in [-0.2, 0) is 13.9 Å². The van der Waals surface area contributed by atoms with Gasteiger partial charge in [0, 0.05) is 19.7 Å². The van der Waals surface area contributed by atoms with Crippen molar-refractivity contribution in [1.29, 1.82) is 0 Å². The zero-order valence-corrected chi connectivity index (χ0v) is 18.2. The average Bonchev–Trinajstić information content (AvgIpc) is 2.91. The van der Waals surface area contributed by atoms with E-state index in [-0.39, 0.29) is 22.8 Å². The second-order valence-electron chi connectivity index (χ2n) is 8.32. The Bertz CT molecular complexity index is 691. The molecule has 2 heterocycles. The fraction of sp³-hybridized carbons (Fsp3) is 0.765. The summed E-state index contributed by atoms with van der Waals surface area (Å²) in [6.07, 6.45) is 1.25. The van der Waals surface area contributed by atoms with Gasteiger partial charge in [-0.2, -0.15) is 4.98 Å². The minimum Gasteiger partial charge on any atom is -0.414 e. The van der Waals surface area contributed by atoms with E-state index in [1.54, 1.807) is 19.4 Å². The van der Waals surface area contributed by atoms with Crippen LogP contribution in [-0.4, -0.2) is 49.2 Å². The molecule has 1 aliphatic heterocycles. The van der Waals surface area contributed by atoms with E-state index in [2.05, 4.69) is 38.8 Å². The van der Waals surface area contributed by atoms with Crippen LogP contribution in [0.15, 0.2) is 17.1 Å². The molecule has 1 aliphatic rings. The maximum atomic E-state index is 12.2. The predicted molar refractivity (Wildman–Crippen MR) is 105 cm³/mol. The van der Waals surface area contributed by atoms with E-state index in [4.69, 9.17) is 31.2 Å². The second kappa shape index (κ2) is 7.59. The molecule has 2 rings (SSSR count). The molecule has 1 aromatic heterocycles. The Morgan fingerprint density at radius 2 is 2.15 bits per heavy atom. The summed E-state index contributed by atoms with van der Waals surface area (Å²) in [5.74, 6) is 0.380. The fourth-order valence-corrected chi connectivity index (χ4v) is 4.07. The third-order valence-electron chi connectivity index (χ3n) is 5.53. The molecule has 0 unspecified atom stereocenters. The van der Waals surface area contributed by atoms with Crippen LogP contribution in [0.25, 0.3) is 0 Å². The number of alkyl halides is 1. The predicted octanol–water partition coefficient (Wildman–Crippen LogP) is 2.76. The number of rotatable bonds is 6. The highest BCUT2D eigenvalue weighted by atomic mass is 35.5. The summed E-state index contributed by atoms with van der Waals surface area (Å²) >= 11 is 6.31. The summed E-state index contributed by atoms with van der Waals surface area (Å²) < 4.78 is 19.7. The minimum absolute atomic E-state index is 0.0683. The third-order valence-corrected chi connectivity index (χ3v) is 10.5. The van der Waals surface area contributed by atoms with Crippen molar-refractivity contribution in [1.82, 2.24) is 9.55 Å². The molecule has 9 heteroatoms. The SMILES string of the molecule is CO[C@H]1C[C@H](n2ccc(N)nc2=O)O[C@]1(CCl)CO[Si](C)(C)C(C)(C)C. The van der Waals surface area contributed by atoms with E-state index < -0.39 is 25.8 Å². The first-order chi connectivity index (χ1) is 12.0. The highest BCUT2D eigenvalue weighted by Gasteiger charge is 2.51. The number of methoxy groups -OCH3 is 1. The van der Waals surface area contributed by atoms with Crippen LogP contribution in [0.1, 0.15) is 33.4 Å². The third kappa shape index (κ3) is 4.14. The van der Waals surface area contributed by atoms with E-state index in [0.29, 0.717) is 13.0 Å². The van der Waals surface area contributed by atoms with Gasteiger partial charge in [0.15, 0.2) is 8.32 Å². The molecule has 0 saturated carbocycles. The van der Waals surface area contributed by atoms with Crippen molar-refractivity contribution in [2.75, 3.05) is 25.3 Å². The van der Waals surface area contributed by atoms with Gasteiger partial charge < -0.3 is 19.6 Å². The maximum Gasteiger partial charge on any atom is 0.351 e. The lowest BCUT2D eigenvalue weighted by Gasteiger charge is -2.40. The largest absolute Gasteiger partial charge is 0.414 e. The second-order valence-corrected chi connectivity index (χ2v) is 13.4. The molecular weight excluding hydrogens is 374 g/mol. The van der Waals surface area contributed by atoms with E-state index in [9.17, 15) is 4.79 Å². The van der Waals surface area contributed by atoms with Crippen LogP contribution >= 0.6 is 11.6 Å². The molecule has 148 valence electrons. The summed E-state index contributed by atoms with van der Waals surface area (Å²) in [6, 6.07) is 1.57. The first-order valence-electron chi connectivity index (χ1n) is 8.71. The Balaban J connectivity index is 2.25. The van der Waals surface area contributed by atoms with Crippen LogP contribution < -0.4 is 11.4 Å². The van der Waals surface area contributed by atoms with Gasteiger partial charge in [-0.25, -0.2) is 4.79 Å². The number of anilines is 1. The topological polar surface area (TPSA) is 88.6 Å². The maximum absolute atomic E-state index is 12.2. The van der Waals surface area contributed by atoms with Crippen LogP contribution in [0.3, 0.4) is 0 Å².